The van der Waals surface area contributed by atoms with Gasteiger partial charge in [-0.1, -0.05) is 36.4 Å². The lowest BCUT2D eigenvalue weighted by Gasteiger charge is -2.05. The number of phenolic OH excluding ortho intramolecular Hbond substituents is 1. The molecule has 0 radical (unpaired) electrons. The van der Waals surface area contributed by atoms with Gasteiger partial charge in [-0.25, -0.2) is 0 Å². The first kappa shape index (κ1) is 15.7. The molecule has 0 aliphatic heterocycles. The predicted octanol–water partition coefficient (Wildman–Crippen LogP) is 4.57. The van der Waals surface area contributed by atoms with E-state index in [1.807, 2.05) is 55.5 Å². The minimum Gasteiger partial charge on any atom is -0.506 e. The Hall–Kier alpha value is -3.14. The smallest absolute Gasteiger partial charge is 0.145 e. The molecule has 2 heterocycles. The van der Waals surface area contributed by atoms with E-state index in [1.165, 1.54) is 0 Å². The van der Waals surface area contributed by atoms with Gasteiger partial charge in [0.2, 0.25) is 0 Å². The van der Waals surface area contributed by atoms with Crippen LogP contribution in [-0.4, -0.2) is 21.7 Å². The van der Waals surface area contributed by atoms with Gasteiger partial charge in [-0.15, -0.1) is 0 Å². The van der Waals surface area contributed by atoms with Gasteiger partial charge in [-0.05, 0) is 31.2 Å². The predicted molar refractivity (Wildman–Crippen MR) is 96.3 cm³/mol. The maximum atomic E-state index is 9.31. The number of hydrogen-bond donors (Lipinski definition) is 1. The summed E-state index contributed by atoms with van der Waals surface area (Å²) in [6, 6.07) is 19.0. The molecule has 1 N–H and O–H groups in total. The molecule has 4 nitrogen and oxygen atoms in total. The number of para-hydroxylation sites is 2. The van der Waals surface area contributed by atoms with E-state index in [1.54, 1.807) is 24.5 Å². The van der Waals surface area contributed by atoms with E-state index < -0.39 is 0 Å². The van der Waals surface area contributed by atoms with E-state index in [0.717, 1.165) is 22.0 Å². The first-order valence-corrected chi connectivity index (χ1v) is 7.79. The maximum absolute atomic E-state index is 9.31. The van der Waals surface area contributed by atoms with Crippen molar-refractivity contribution in [1.82, 2.24) is 9.97 Å². The van der Waals surface area contributed by atoms with Crippen molar-refractivity contribution in [2.24, 2.45) is 0 Å². The van der Waals surface area contributed by atoms with Crippen molar-refractivity contribution >= 4 is 21.8 Å². The summed E-state index contributed by atoms with van der Waals surface area (Å²) < 4.78 is 5.46. The number of rotatable bonds is 2. The molecule has 0 fully saturated rings. The van der Waals surface area contributed by atoms with Crippen molar-refractivity contribution in [2.75, 3.05) is 6.61 Å². The molecule has 4 rings (SSSR count). The summed E-state index contributed by atoms with van der Waals surface area (Å²) in [5.74, 6) is 1.10. The summed E-state index contributed by atoms with van der Waals surface area (Å²) in [4.78, 5) is 8.31. The van der Waals surface area contributed by atoms with E-state index in [0.29, 0.717) is 12.1 Å². The summed E-state index contributed by atoms with van der Waals surface area (Å²) in [6.45, 7) is 2.65. The lowest BCUT2D eigenvalue weighted by atomic mass is 10.2. The van der Waals surface area contributed by atoms with Gasteiger partial charge in [0.25, 0.3) is 0 Å². The zero-order valence-electron chi connectivity index (χ0n) is 13.4. The van der Waals surface area contributed by atoms with Crippen molar-refractivity contribution in [3.05, 3.63) is 73.1 Å². The fourth-order valence-corrected chi connectivity index (χ4v) is 2.44. The van der Waals surface area contributed by atoms with Gasteiger partial charge < -0.3 is 9.84 Å². The molecular weight excluding hydrogens is 300 g/mol. The molecule has 0 bridgehead atoms. The lowest BCUT2D eigenvalue weighted by Crippen LogP contribution is -1.92. The highest BCUT2D eigenvalue weighted by atomic mass is 16.5. The largest absolute Gasteiger partial charge is 0.506 e. The van der Waals surface area contributed by atoms with E-state index in [4.69, 9.17) is 4.74 Å². The molecule has 4 aromatic rings. The summed E-state index contributed by atoms with van der Waals surface area (Å²) in [5.41, 5.74) is 1.60. The Kier molecular flexibility index (Phi) is 4.87. The molecule has 0 aliphatic rings. The van der Waals surface area contributed by atoms with Gasteiger partial charge in [0.05, 0.1) is 6.61 Å². The third-order valence-corrected chi connectivity index (χ3v) is 3.51. The molecule has 0 spiro atoms. The Morgan fingerprint density at radius 3 is 2.04 bits per heavy atom. The molecule has 2 aromatic heterocycles. The maximum Gasteiger partial charge on any atom is 0.145 e. The zero-order chi connectivity index (χ0) is 16.8. The highest BCUT2D eigenvalue weighted by Gasteiger charge is 2.00. The van der Waals surface area contributed by atoms with Crippen LogP contribution in [0.1, 0.15) is 6.92 Å². The van der Waals surface area contributed by atoms with Crippen molar-refractivity contribution < 1.29 is 9.84 Å². The van der Waals surface area contributed by atoms with Crippen LogP contribution < -0.4 is 4.74 Å². The standard InChI is InChI=1S/C11H11NO.C9H7NO/c1-2-13-10-7-3-5-9-6-4-8-12-11(9)10;11-8-5-1-3-7-4-2-6-10-9(7)8/h3-8H,2H2,1H3;1-6,11H. The number of aromatic hydroxyl groups is 1. The minimum absolute atomic E-state index is 0.239. The average molecular weight is 318 g/mol. The van der Waals surface area contributed by atoms with Crippen molar-refractivity contribution in [1.29, 1.82) is 0 Å². The van der Waals surface area contributed by atoms with Crippen LogP contribution in [0.5, 0.6) is 11.5 Å². The number of phenols is 1. The molecule has 0 unspecified atom stereocenters. The fourth-order valence-electron chi connectivity index (χ4n) is 2.44. The quantitative estimate of drug-likeness (QED) is 0.588. The van der Waals surface area contributed by atoms with E-state index in [9.17, 15) is 5.11 Å². The SMILES string of the molecule is CCOc1cccc2cccnc12.Oc1cccc2cccnc12. The topological polar surface area (TPSA) is 55.2 Å². The number of pyridine rings is 2. The Morgan fingerprint density at radius 2 is 1.38 bits per heavy atom. The van der Waals surface area contributed by atoms with Crippen LogP contribution in [-0.2, 0) is 0 Å². The summed E-state index contributed by atoms with van der Waals surface area (Å²) >= 11 is 0. The summed E-state index contributed by atoms with van der Waals surface area (Å²) in [7, 11) is 0. The van der Waals surface area contributed by atoms with Gasteiger partial charge in [-0.3, -0.25) is 9.97 Å². The molecule has 2 aromatic carbocycles. The van der Waals surface area contributed by atoms with Gasteiger partial charge in [0.1, 0.15) is 22.5 Å². The third-order valence-electron chi connectivity index (χ3n) is 3.51. The first-order valence-electron chi connectivity index (χ1n) is 7.79. The number of fused-ring (bicyclic) bond motifs is 2. The highest BCUT2D eigenvalue weighted by molar-refractivity contribution is 5.84. The molecule has 0 saturated carbocycles. The van der Waals surface area contributed by atoms with Gasteiger partial charge >= 0.3 is 0 Å². The molecule has 24 heavy (non-hydrogen) atoms. The number of nitrogens with zero attached hydrogens (tertiary/aromatic N) is 2. The number of aromatic nitrogens is 2. The average Bonchev–Trinajstić information content (AvgIpc) is 2.63. The Labute approximate surface area is 140 Å². The van der Waals surface area contributed by atoms with Crippen molar-refractivity contribution in [3.63, 3.8) is 0 Å². The van der Waals surface area contributed by atoms with Crippen molar-refractivity contribution in [2.45, 2.75) is 6.92 Å². The molecule has 120 valence electrons. The lowest BCUT2D eigenvalue weighted by molar-refractivity contribution is 0.343. The van der Waals surface area contributed by atoms with Crippen LogP contribution in [0.4, 0.5) is 0 Å². The van der Waals surface area contributed by atoms with Gasteiger partial charge in [-0.2, -0.15) is 0 Å². The van der Waals surface area contributed by atoms with Crippen LogP contribution in [0.3, 0.4) is 0 Å². The van der Waals surface area contributed by atoms with Crippen LogP contribution in [0.2, 0.25) is 0 Å². The van der Waals surface area contributed by atoms with Gasteiger partial charge in [0, 0.05) is 23.2 Å². The number of ether oxygens (including phenoxy) is 1. The zero-order valence-corrected chi connectivity index (χ0v) is 13.4. The second-order valence-corrected chi connectivity index (χ2v) is 5.12. The molecule has 0 atom stereocenters. The minimum atomic E-state index is 0.239. The molecule has 0 aliphatic carbocycles. The van der Waals surface area contributed by atoms with E-state index >= 15 is 0 Å². The Morgan fingerprint density at radius 1 is 0.792 bits per heavy atom. The van der Waals surface area contributed by atoms with Crippen LogP contribution in [0.25, 0.3) is 21.8 Å². The van der Waals surface area contributed by atoms with E-state index in [2.05, 4.69) is 9.97 Å². The highest BCUT2D eigenvalue weighted by Crippen LogP contribution is 2.22. The molecule has 4 heteroatoms. The summed E-state index contributed by atoms with van der Waals surface area (Å²) in [6.07, 6.45) is 3.45. The first-order chi connectivity index (χ1) is 11.8. The summed E-state index contributed by atoms with van der Waals surface area (Å²) in [5, 5.41) is 11.4. The van der Waals surface area contributed by atoms with Gasteiger partial charge in [0.15, 0.2) is 0 Å². The van der Waals surface area contributed by atoms with E-state index in [-0.39, 0.29) is 5.75 Å². The van der Waals surface area contributed by atoms with Crippen molar-refractivity contribution in [3.8, 4) is 11.5 Å². The van der Waals surface area contributed by atoms with Crippen LogP contribution in [0.15, 0.2) is 73.1 Å². The molecule has 0 amide bonds. The number of hydrogen-bond acceptors (Lipinski definition) is 4. The second-order valence-electron chi connectivity index (χ2n) is 5.12. The Bertz CT molecular complexity index is 943. The van der Waals surface area contributed by atoms with Crippen LogP contribution >= 0.6 is 0 Å². The van der Waals surface area contributed by atoms with Crippen LogP contribution in [0, 0.1) is 0 Å². The normalized spacial score (nSPS) is 10.2. The third kappa shape index (κ3) is 3.43. The second kappa shape index (κ2) is 7.42. The fraction of sp³-hybridized carbons (Fsp3) is 0.100. The number of benzene rings is 2. The Balaban J connectivity index is 0.000000143. The molecular formula is C20H18N2O2. The molecule has 0 saturated heterocycles. The monoisotopic (exact) mass is 318 g/mol.